The van der Waals surface area contributed by atoms with Crippen molar-refractivity contribution < 1.29 is 14.5 Å². The lowest BCUT2D eigenvalue weighted by atomic mass is 9.96. The van der Waals surface area contributed by atoms with Gasteiger partial charge in [-0.2, -0.15) is 5.10 Å². The number of Topliss-reactive ketones (excluding diaryl/α,β-unsaturated/α-hetero) is 1. The zero-order valence-electron chi connectivity index (χ0n) is 15.5. The molecule has 0 aliphatic carbocycles. The summed E-state index contributed by atoms with van der Waals surface area (Å²) in [6.07, 6.45) is 0. The maximum atomic E-state index is 12.5. The number of hydrogen-bond acceptors (Lipinski definition) is 6. The lowest BCUT2D eigenvalue weighted by Crippen LogP contribution is -2.34. The van der Waals surface area contributed by atoms with Crippen LogP contribution in [0.3, 0.4) is 0 Å². The van der Waals surface area contributed by atoms with Gasteiger partial charge in [0.05, 0.1) is 16.3 Å². The molecule has 8 nitrogen and oxygen atoms in total. The van der Waals surface area contributed by atoms with Crippen molar-refractivity contribution in [1.29, 1.82) is 0 Å². The SMILES string of the molecule is Cc1nn(CC(=O)c2ccc(CNC(=O)C(C)(C)C)s2)c(C)c1[N+](=O)[O-]. The van der Waals surface area contributed by atoms with Crippen molar-refractivity contribution >= 4 is 28.7 Å². The van der Waals surface area contributed by atoms with Crippen molar-refractivity contribution in [1.82, 2.24) is 15.1 Å². The first-order valence-corrected chi connectivity index (χ1v) is 8.91. The summed E-state index contributed by atoms with van der Waals surface area (Å²) in [5.74, 6) is -0.238. The van der Waals surface area contributed by atoms with E-state index in [1.165, 1.54) is 16.0 Å². The molecule has 26 heavy (non-hydrogen) atoms. The smallest absolute Gasteiger partial charge is 0.312 e. The van der Waals surface area contributed by atoms with E-state index in [0.29, 0.717) is 17.1 Å². The predicted octanol–water partition coefficient (Wildman–Crippen LogP) is 3.01. The largest absolute Gasteiger partial charge is 0.351 e. The van der Waals surface area contributed by atoms with Gasteiger partial charge in [0.25, 0.3) is 0 Å². The third kappa shape index (κ3) is 4.34. The summed E-state index contributed by atoms with van der Waals surface area (Å²) < 4.78 is 1.36. The maximum absolute atomic E-state index is 12.5. The Bertz CT molecular complexity index is 861. The fraction of sp³-hybridized carbons (Fsp3) is 0.471. The lowest BCUT2D eigenvalue weighted by Gasteiger charge is -2.17. The highest BCUT2D eigenvalue weighted by Crippen LogP contribution is 2.23. The summed E-state index contributed by atoms with van der Waals surface area (Å²) in [5.41, 5.74) is 0.113. The predicted molar refractivity (Wildman–Crippen MR) is 98.3 cm³/mol. The van der Waals surface area contributed by atoms with E-state index in [1.54, 1.807) is 26.0 Å². The molecule has 0 saturated heterocycles. The van der Waals surface area contributed by atoms with Crippen LogP contribution in [0.25, 0.3) is 0 Å². The van der Waals surface area contributed by atoms with Crippen LogP contribution in [0, 0.1) is 29.4 Å². The van der Waals surface area contributed by atoms with E-state index >= 15 is 0 Å². The van der Waals surface area contributed by atoms with Crippen LogP contribution in [-0.4, -0.2) is 26.4 Å². The minimum atomic E-state index is -0.486. The molecule has 1 N–H and O–H groups in total. The van der Waals surface area contributed by atoms with E-state index < -0.39 is 10.3 Å². The Morgan fingerprint density at radius 2 is 1.96 bits per heavy atom. The van der Waals surface area contributed by atoms with Gasteiger partial charge >= 0.3 is 5.69 Å². The number of nitro groups is 1. The molecule has 0 aliphatic heterocycles. The van der Waals surface area contributed by atoms with E-state index in [1.807, 2.05) is 20.8 Å². The molecule has 2 aromatic rings. The van der Waals surface area contributed by atoms with Crippen molar-refractivity contribution in [2.75, 3.05) is 0 Å². The number of rotatable bonds is 6. The van der Waals surface area contributed by atoms with Crippen LogP contribution in [0.15, 0.2) is 12.1 Å². The molecule has 0 aliphatic rings. The highest BCUT2D eigenvalue weighted by molar-refractivity contribution is 7.14. The molecule has 2 aromatic heterocycles. The van der Waals surface area contributed by atoms with Crippen molar-refractivity contribution in [3.63, 3.8) is 0 Å². The minimum Gasteiger partial charge on any atom is -0.351 e. The third-order valence-electron chi connectivity index (χ3n) is 3.86. The second-order valence-electron chi connectivity index (χ2n) is 7.06. The molecule has 0 aromatic carbocycles. The number of ketones is 1. The molecular formula is C17H22N4O4S. The molecule has 0 fully saturated rings. The van der Waals surface area contributed by atoms with Crippen LogP contribution in [0.5, 0.6) is 0 Å². The Hall–Kier alpha value is -2.55. The van der Waals surface area contributed by atoms with Gasteiger partial charge in [0, 0.05) is 10.3 Å². The number of carbonyl (C=O) groups is 2. The number of thiophene rings is 1. The molecule has 0 saturated carbocycles. The topological polar surface area (TPSA) is 107 Å². The van der Waals surface area contributed by atoms with E-state index in [0.717, 1.165) is 4.88 Å². The van der Waals surface area contributed by atoms with Gasteiger partial charge in [0.1, 0.15) is 17.9 Å². The first kappa shape index (κ1) is 19.8. The van der Waals surface area contributed by atoms with Crippen LogP contribution in [-0.2, 0) is 17.9 Å². The van der Waals surface area contributed by atoms with Gasteiger partial charge in [0.15, 0.2) is 5.78 Å². The lowest BCUT2D eigenvalue weighted by molar-refractivity contribution is -0.386. The van der Waals surface area contributed by atoms with E-state index in [-0.39, 0.29) is 29.6 Å². The van der Waals surface area contributed by atoms with Crippen molar-refractivity contribution in [3.05, 3.63) is 43.4 Å². The second kappa shape index (κ2) is 7.36. The highest BCUT2D eigenvalue weighted by atomic mass is 32.1. The van der Waals surface area contributed by atoms with Crippen LogP contribution in [0.1, 0.15) is 46.7 Å². The Balaban J connectivity index is 2.06. The standard InChI is InChI=1S/C17H22N4O4S/c1-10-15(21(24)25)11(2)20(19-10)9-13(22)14-7-6-12(26-14)8-18-16(23)17(3,4)5/h6-7H,8-9H2,1-5H3,(H,18,23). The Morgan fingerprint density at radius 3 is 2.50 bits per heavy atom. The number of carbonyl (C=O) groups excluding carboxylic acids is 2. The quantitative estimate of drug-likeness (QED) is 0.472. The van der Waals surface area contributed by atoms with Gasteiger partial charge in [-0.25, -0.2) is 0 Å². The summed E-state index contributed by atoms with van der Waals surface area (Å²) >= 11 is 1.30. The molecule has 0 spiro atoms. The van der Waals surface area contributed by atoms with Gasteiger partial charge in [-0.15, -0.1) is 11.3 Å². The highest BCUT2D eigenvalue weighted by Gasteiger charge is 2.24. The number of nitrogens with one attached hydrogen (secondary N) is 1. The van der Waals surface area contributed by atoms with Gasteiger partial charge in [-0.3, -0.25) is 24.4 Å². The Labute approximate surface area is 155 Å². The van der Waals surface area contributed by atoms with Crippen molar-refractivity contribution in [2.24, 2.45) is 5.41 Å². The number of aryl methyl sites for hydroxylation is 1. The fourth-order valence-electron chi connectivity index (χ4n) is 2.37. The van der Waals surface area contributed by atoms with E-state index in [2.05, 4.69) is 10.4 Å². The van der Waals surface area contributed by atoms with E-state index in [9.17, 15) is 19.7 Å². The molecule has 9 heteroatoms. The molecule has 0 radical (unpaired) electrons. The summed E-state index contributed by atoms with van der Waals surface area (Å²) in [7, 11) is 0. The van der Waals surface area contributed by atoms with Crippen molar-refractivity contribution in [3.8, 4) is 0 Å². The third-order valence-corrected chi connectivity index (χ3v) is 4.99. The molecule has 2 rings (SSSR count). The van der Waals surface area contributed by atoms with Crippen molar-refractivity contribution in [2.45, 2.75) is 47.7 Å². The summed E-state index contributed by atoms with van der Waals surface area (Å²) in [4.78, 5) is 36.3. The first-order valence-electron chi connectivity index (χ1n) is 8.09. The first-order chi connectivity index (χ1) is 12.0. The number of nitrogens with zero attached hydrogens (tertiary/aromatic N) is 3. The zero-order chi connectivity index (χ0) is 19.6. The molecular weight excluding hydrogens is 356 g/mol. The van der Waals surface area contributed by atoms with Gasteiger partial charge in [-0.1, -0.05) is 20.8 Å². The van der Waals surface area contributed by atoms with Crippen LogP contribution in [0.2, 0.25) is 0 Å². The Kier molecular flexibility index (Phi) is 5.60. The molecule has 0 unspecified atom stereocenters. The minimum absolute atomic E-state index is 0.0606. The number of amides is 1. The zero-order valence-corrected chi connectivity index (χ0v) is 16.3. The average molecular weight is 378 g/mol. The molecule has 140 valence electrons. The Morgan fingerprint density at radius 1 is 1.31 bits per heavy atom. The average Bonchev–Trinajstić information content (AvgIpc) is 3.09. The fourth-order valence-corrected chi connectivity index (χ4v) is 3.25. The molecule has 0 atom stereocenters. The van der Waals surface area contributed by atoms with Crippen LogP contribution < -0.4 is 5.32 Å². The van der Waals surface area contributed by atoms with E-state index in [4.69, 9.17) is 0 Å². The molecule has 0 bridgehead atoms. The van der Waals surface area contributed by atoms with Crippen LogP contribution >= 0.6 is 11.3 Å². The normalized spacial score (nSPS) is 11.4. The number of aromatic nitrogens is 2. The molecule has 1 amide bonds. The monoisotopic (exact) mass is 378 g/mol. The second-order valence-corrected chi connectivity index (χ2v) is 8.22. The summed E-state index contributed by atoms with van der Waals surface area (Å²) in [6, 6.07) is 3.50. The van der Waals surface area contributed by atoms with Gasteiger partial charge in [0.2, 0.25) is 5.91 Å². The van der Waals surface area contributed by atoms with Crippen LogP contribution in [0.4, 0.5) is 5.69 Å². The summed E-state index contributed by atoms with van der Waals surface area (Å²) in [6.45, 7) is 8.92. The van der Waals surface area contributed by atoms with Gasteiger partial charge < -0.3 is 5.32 Å². The molecule has 2 heterocycles. The maximum Gasteiger partial charge on any atom is 0.312 e. The number of hydrogen-bond donors (Lipinski definition) is 1. The van der Waals surface area contributed by atoms with Gasteiger partial charge in [-0.05, 0) is 26.0 Å². The summed E-state index contributed by atoms with van der Waals surface area (Å²) in [5, 5.41) is 18.0.